The number of halogens is 1. The summed E-state index contributed by atoms with van der Waals surface area (Å²) in [7, 11) is 3.83. The fourth-order valence-electron chi connectivity index (χ4n) is 5.81. The van der Waals surface area contributed by atoms with Crippen molar-refractivity contribution in [1.82, 2.24) is 44.7 Å². The van der Waals surface area contributed by atoms with Crippen molar-refractivity contribution in [2.75, 3.05) is 26.0 Å². The molecule has 0 radical (unpaired) electrons. The maximum Gasteiger partial charge on any atom is 0.243 e. The van der Waals surface area contributed by atoms with E-state index in [2.05, 4.69) is 25.6 Å². The molecule has 43 heavy (non-hydrogen) atoms. The monoisotopic (exact) mass is 588 g/mol. The van der Waals surface area contributed by atoms with Crippen LogP contribution in [0.1, 0.15) is 67.3 Å². The van der Waals surface area contributed by atoms with Gasteiger partial charge in [0.05, 0.1) is 25.0 Å². The SMILES string of the molecule is Cc1cc(Nc2cc(C)[nH]n2)nc(C2CCC(C(=O)N(CC=O)C(C)c3ccc(-n4cc(F)cn4)nc3)(N(C)C)CC2)n1. The molecular weight excluding hydrogens is 551 g/mol. The minimum absolute atomic E-state index is 0.0478. The number of carbonyl (C=O) groups is 2. The number of anilines is 2. The Bertz CT molecular complexity index is 1570. The summed E-state index contributed by atoms with van der Waals surface area (Å²) in [5.41, 5.74) is 1.77. The lowest BCUT2D eigenvalue weighted by molar-refractivity contribution is -0.149. The standard InChI is InChI=1S/C30H37FN10O2/c1-19-14-25(35-26-15-20(2)37-38-26)36-28(34-19)22-8-10-30(11-9-22,39(4)5)29(43)40(12-13-42)21(3)23-6-7-27(32-16-23)41-18-24(31)17-33-41/h6-7,13-18,21-22H,8-12H2,1-5H3,(H2,34,35,36,37,38). The number of hydrogen-bond donors (Lipinski definition) is 2. The number of H-pyrrole nitrogens is 1. The van der Waals surface area contributed by atoms with Crippen molar-refractivity contribution in [3.8, 4) is 5.82 Å². The van der Waals surface area contributed by atoms with Crippen molar-refractivity contribution in [2.24, 2.45) is 0 Å². The summed E-state index contributed by atoms with van der Waals surface area (Å²) in [4.78, 5) is 43.6. The number of nitrogens with one attached hydrogen (secondary N) is 2. The van der Waals surface area contributed by atoms with Crippen molar-refractivity contribution in [1.29, 1.82) is 0 Å². The van der Waals surface area contributed by atoms with Crippen molar-refractivity contribution < 1.29 is 14.0 Å². The van der Waals surface area contributed by atoms with Gasteiger partial charge in [0.25, 0.3) is 0 Å². The van der Waals surface area contributed by atoms with Gasteiger partial charge < -0.3 is 15.0 Å². The Morgan fingerprint density at radius 1 is 1.19 bits per heavy atom. The van der Waals surface area contributed by atoms with Crippen LogP contribution in [0.15, 0.2) is 42.9 Å². The Balaban J connectivity index is 1.33. The van der Waals surface area contributed by atoms with Gasteiger partial charge in [-0.05, 0) is 72.2 Å². The van der Waals surface area contributed by atoms with Gasteiger partial charge in [-0.15, -0.1) is 0 Å². The van der Waals surface area contributed by atoms with Crippen LogP contribution in [-0.2, 0) is 9.59 Å². The number of aryl methyl sites for hydroxylation is 2. The zero-order valence-electron chi connectivity index (χ0n) is 25.1. The summed E-state index contributed by atoms with van der Waals surface area (Å²) in [6.45, 7) is 5.71. The molecule has 1 atom stereocenters. The third-order valence-corrected chi connectivity index (χ3v) is 8.30. The Morgan fingerprint density at radius 3 is 2.53 bits per heavy atom. The largest absolute Gasteiger partial charge is 0.327 e. The van der Waals surface area contributed by atoms with Crippen LogP contribution in [0.3, 0.4) is 0 Å². The quantitative estimate of drug-likeness (QED) is 0.263. The van der Waals surface area contributed by atoms with E-state index < -0.39 is 17.4 Å². The highest BCUT2D eigenvalue weighted by atomic mass is 19.1. The van der Waals surface area contributed by atoms with E-state index in [-0.39, 0.29) is 18.4 Å². The first-order chi connectivity index (χ1) is 20.6. The van der Waals surface area contributed by atoms with Crippen molar-refractivity contribution in [3.05, 3.63) is 71.4 Å². The molecule has 1 unspecified atom stereocenters. The third kappa shape index (κ3) is 6.31. The van der Waals surface area contributed by atoms with Crippen LogP contribution < -0.4 is 5.32 Å². The molecule has 5 rings (SSSR count). The normalized spacial score (nSPS) is 19.3. The summed E-state index contributed by atoms with van der Waals surface area (Å²) in [6.07, 6.45) is 7.36. The molecule has 12 nitrogen and oxygen atoms in total. The van der Waals surface area contributed by atoms with E-state index in [1.165, 1.54) is 10.9 Å². The number of amides is 1. The lowest BCUT2D eigenvalue weighted by Crippen LogP contribution is -2.59. The Morgan fingerprint density at radius 2 is 1.95 bits per heavy atom. The van der Waals surface area contributed by atoms with E-state index >= 15 is 0 Å². The van der Waals surface area contributed by atoms with Crippen LogP contribution in [0.4, 0.5) is 16.0 Å². The number of aromatic nitrogens is 7. The number of rotatable bonds is 10. The molecule has 0 saturated heterocycles. The Labute approximate surface area is 249 Å². The Kier molecular flexibility index (Phi) is 8.62. The summed E-state index contributed by atoms with van der Waals surface area (Å²) < 4.78 is 14.7. The van der Waals surface area contributed by atoms with Gasteiger partial charge in [-0.1, -0.05) is 6.07 Å². The number of hydrogen-bond acceptors (Lipinski definition) is 9. The molecule has 2 N–H and O–H groups in total. The van der Waals surface area contributed by atoms with E-state index in [1.54, 1.807) is 17.2 Å². The molecule has 4 heterocycles. The van der Waals surface area contributed by atoms with E-state index in [0.717, 1.165) is 35.3 Å². The molecule has 0 aliphatic heterocycles. The third-order valence-electron chi connectivity index (χ3n) is 8.30. The second-order valence-electron chi connectivity index (χ2n) is 11.4. The Hall–Kier alpha value is -4.52. The van der Waals surface area contributed by atoms with Crippen LogP contribution in [0.25, 0.3) is 5.82 Å². The van der Waals surface area contributed by atoms with E-state index in [9.17, 15) is 14.0 Å². The molecule has 4 aromatic rings. The zero-order valence-corrected chi connectivity index (χ0v) is 25.1. The predicted molar refractivity (Wildman–Crippen MR) is 159 cm³/mol. The van der Waals surface area contributed by atoms with Crippen molar-refractivity contribution in [3.63, 3.8) is 0 Å². The highest BCUT2D eigenvalue weighted by Crippen LogP contribution is 2.42. The number of pyridine rings is 1. The fraction of sp³-hybridized carbons (Fsp3) is 0.433. The van der Waals surface area contributed by atoms with Gasteiger partial charge in [0, 0.05) is 35.6 Å². The first-order valence-electron chi connectivity index (χ1n) is 14.3. The van der Waals surface area contributed by atoms with Crippen LogP contribution in [0.5, 0.6) is 0 Å². The first kappa shape index (κ1) is 30.0. The van der Waals surface area contributed by atoms with Gasteiger partial charge >= 0.3 is 0 Å². The predicted octanol–water partition coefficient (Wildman–Crippen LogP) is 4.03. The average Bonchev–Trinajstić information content (AvgIpc) is 3.62. The second-order valence-corrected chi connectivity index (χ2v) is 11.4. The van der Waals surface area contributed by atoms with Crippen LogP contribution in [0.2, 0.25) is 0 Å². The molecule has 13 heteroatoms. The molecule has 4 aromatic heterocycles. The van der Waals surface area contributed by atoms with Gasteiger partial charge in [0.1, 0.15) is 23.5 Å². The number of nitrogens with zero attached hydrogens (tertiary/aromatic N) is 8. The molecule has 1 fully saturated rings. The van der Waals surface area contributed by atoms with E-state index in [1.807, 2.05) is 58.0 Å². The molecular formula is C30H37FN10O2. The molecule has 1 aliphatic carbocycles. The topological polar surface area (TPSA) is 138 Å². The molecule has 0 aromatic carbocycles. The average molecular weight is 589 g/mol. The first-order valence-corrected chi connectivity index (χ1v) is 14.3. The van der Waals surface area contributed by atoms with Crippen molar-refractivity contribution >= 4 is 23.8 Å². The summed E-state index contributed by atoms with van der Waals surface area (Å²) in [6, 6.07) is 6.92. The van der Waals surface area contributed by atoms with E-state index in [0.29, 0.717) is 43.1 Å². The zero-order chi connectivity index (χ0) is 30.7. The molecule has 1 saturated carbocycles. The number of aromatic amines is 1. The maximum atomic E-state index is 14.3. The molecule has 0 bridgehead atoms. The molecule has 0 spiro atoms. The van der Waals surface area contributed by atoms with Crippen LogP contribution in [-0.4, -0.2) is 83.1 Å². The van der Waals surface area contributed by atoms with Crippen molar-refractivity contribution in [2.45, 2.75) is 64.0 Å². The van der Waals surface area contributed by atoms with E-state index in [4.69, 9.17) is 9.97 Å². The van der Waals surface area contributed by atoms with Gasteiger partial charge in [0.2, 0.25) is 5.91 Å². The number of aldehydes is 1. The summed E-state index contributed by atoms with van der Waals surface area (Å²) in [5, 5.41) is 14.4. The number of likely N-dealkylation sites (N-methyl/N-ethyl adjacent to an activating group) is 1. The lowest BCUT2D eigenvalue weighted by Gasteiger charge is -2.46. The van der Waals surface area contributed by atoms with Crippen LogP contribution in [0, 0.1) is 19.7 Å². The van der Waals surface area contributed by atoms with Gasteiger partial charge in [-0.2, -0.15) is 10.2 Å². The van der Waals surface area contributed by atoms with Gasteiger partial charge in [-0.25, -0.2) is 24.0 Å². The van der Waals surface area contributed by atoms with Gasteiger partial charge in [-0.3, -0.25) is 14.8 Å². The summed E-state index contributed by atoms with van der Waals surface area (Å²) >= 11 is 0. The highest BCUT2D eigenvalue weighted by molar-refractivity contribution is 5.88. The number of carbonyl (C=O) groups excluding carboxylic acids is 2. The molecule has 1 amide bonds. The minimum Gasteiger partial charge on any atom is -0.327 e. The maximum absolute atomic E-state index is 14.3. The van der Waals surface area contributed by atoms with Gasteiger partial charge in [0.15, 0.2) is 17.5 Å². The smallest absolute Gasteiger partial charge is 0.243 e. The van der Waals surface area contributed by atoms with Crippen LogP contribution >= 0.6 is 0 Å². The fourth-order valence-corrected chi connectivity index (χ4v) is 5.81. The highest BCUT2D eigenvalue weighted by Gasteiger charge is 2.47. The molecule has 1 aliphatic rings. The minimum atomic E-state index is -0.787. The summed E-state index contributed by atoms with van der Waals surface area (Å²) in [5.74, 6) is 2.09. The second kappa shape index (κ2) is 12.4. The lowest BCUT2D eigenvalue weighted by atomic mass is 9.74. The molecule has 226 valence electrons.